The second-order valence-electron chi connectivity index (χ2n) is 2.43. The standard InChI is InChI=1S/C7H13NO/c1-2-7-5-6(8)3-4-9-7/h2,6-7H,1,3-5,8H2. The molecule has 1 aliphatic rings. The predicted octanol–water partition coefficient (Wildman–Crippen LogP) is 0.679. The van der Waals surface area contributed by atoms with Crippen LogP contribution in [0.15, 0.2) is 12.7 Å². The summed E-state index contributed by atoms with van der Waals surface area (Å²) in [5.74, 6) is 0. The van der Waals surface area contributed by atoms with Crippen LogP contribution in [0.2, 0.25) is 0 Å². The van der Waals surface area contributed by atoms with Crippen molar-refractivity contribution in [1.29, 1.82) is 0 Å². The van der Waals surface area contributed by atoms with Crippen molar-refractivity contribution in [3.05, 3.63) is 12.7 Å². The topological polar surface area (TPSA) is 35.2 Å². The Morgan fingerprint density at radius 1 is 1.67 bits per heavy atom. The highest BCUT2D eigenvalue weighted by Crippen LogP contribution is 2.11. The normalized spacial score (nSPS) is 36.1. The van der Waals surface area contributed by atoms with Crippen molar-refractivity contribution in [3.63, 3.8) is 0 Å². The summed E-state index contributed by atoms with van der Waals surface area (Å²) in [5.41, 5.74) is 5.67. The molecule has 0 saturated carbocycles. The zero-order chi connectivity index (χ0) is 6.69. The molecule has 1 aliphatic heterocycles. The Morgan fingerprint density at radius 2 is 2.44 bits per heavy atom. The van der Waals surface area contributed by atoms with E-state index < -0.39 is 0 Å². The van der Waals surface area contributed by atoms with E-state index in [2.05, 4.69) is 6.58 Å². The second kappa shape index (κ2) is 2.99. The van der Waals surface area contributed by atoms with E-state index in [0.29, 0.717) is 6.04 Å². The maximum Gasteiger partial charge on any atom is 0.0767 e. The van der Waals surface area contributed by atoms with E-state index in [1.165, 1.54) is 0 Å². The SMILES string of the molecule is C=CC1CC(N)CCO1. The van der Waals surface area contributed by atoms with Crippen LogP contribution in [0.5, 0.6) is 0 Å². The van der Waals surface area contributed by atoms with Gasteiger partial charge in [0.1, 0.15) is 0 Å². The molecule has 0 aromatic rings. The monoisotopic (exact) mass is 127 g/mol. The highest BCUT2D eigenvalue weighted by molar-refractivity contribution is 4.86. The van der Waals surface area contributed by atoms with Gasteiger partial charge in [-0.15, -0.1) is 6.58 Å². The van der Waals surface area contributed by atoms with Gasteiger partial charge in [0, 0.05) is 12.6 Å². The Hall–Kier alpha value is -0.340. The lowest BCUT2D eigenvalue weighted by Gasteiger charge is -2.24. The molecule has 0 aromatic heterocycles. The maximum absolute atomic E-state index is 5.67. The quantitative estimate of drug-likeness (QED) is 0.526. The third kappa shape index (κ3) is 1.80. The van der Waals surface area contributed by atoms with Crippen molar-refractivity contribution in [2.75, 3.05) is 6.61 Å². The lowest BCUT2D eigenvalue weighted by molar-refractivity contribution is 0.0379. The van der Waals surface area contributed by atoms with Gasteiger partial charge >= 0.3 is 0 Å². The molecule has 0 aromatic carbocycles. The first-order valence-corrected chi connectivity index (χ1v) is 3.32. The Labute approximate surface area is 55.7 Å². The van der Waals surface area contributed by atoms with E-state index in [1.54, 1.807) is 0 Å². The minimum atomic E-state index is 0.203. The first kappa shape index (κ1) is 6.78. The first-order chi connectivity index (χ1) is 4.33. The van der Waals surface area contributed by atoms with E-state index in [1.807, 2.05) is 6.08 Å². The molecule has 2 heteroatoms. The molecule has 2 unspecified atom stereocenters. The van der Waals surface area contributed by atoms with Gasteiger partial charge in [0.05, 0.1) is 6.10 Å². The summed E-state index contributed by atoms with van der Waals surface area (Å²) in [6, 6.07) is 0.321. The third-order valence-corrected chi connectivity index (χ3v) is 1.62. The Balaban J connectivity index is 2.31. The molecule has 2 N–H and O–H groups in total. The molecule has 2 nitrogen and oxygen atoms in total. The number of hydrogen-bond donors (Lipinski definition) is 1. The van der Waals surface area contributed by atoms with Crippen molar-refractivity contribution in [1.82, 2.24) is 0 Å². The van der Waals surface area contributed by atoms with Gasteiger partial charge in [-0.1, -0.05) is 6.08 Å². The zero-order valence-electron chi connectivity index (χ0n) is 5.55. The third-order valence-electron chi connectivity index (χ3n) is 1.62. The van der Waals surface area contributed by atoms with E-state index in [0.717, 1.165) is 19.4 Å². The lowest BCUT2D eigenvalue weighted by Crippen LogP contribution is -2.33. The van der Waals surface area contributed by atoms with Gasteiger partial charge in [0.15, 0.2) is 0 Å². The van der Waals surface area contributed by atoms with Gasteiger partial charge in [-0.2, -0.15) is 0 Å². The zero-order valence-corrected chi connectivity index (χ0v) is 5.55. The molecule has 0 amide bonds. The van der Waals surface area contributed by atoms with Crippen LogP contribution in [-0.4, -0.2) is 18.8 Å². The van der Waals surface area contributed by atoms with Crippen LogP contribution >= 0.6 is 0 Å². The van der Waals surface area contributed by atoms with Crippen LogP contribution < -0.4 is 5.73 Å². The fourth-order valence-electron chi connectivity index (χ4n) is 1.02. The number of hydrogen-bond acceptors (Lipinski definition) is 2. The summed E-state index contributed by atoms with van der Waals surface area (Å²) in [7, 11) is 0. The van der Waals surface area contributed by atoms with E-state index in [4.69, 9.17) is 10.5 Å². The molecule has 0 bridgehead atoms. The summed E-state index contributed by atoms with van der Waals surface area (Å²) in [4.78, 5) is 0. The summed E-state index contributed by atoms with van der Waals surface area (Å²) >= 11 is 0. The number of ether oxygens (including phenoxy) is 1. The molecule has 9 heavy (non-hydrogen) atoms. The van der Waals surface area contributed by atoms with Crippen LogP contribution in [0.4, 0.5) is 0 Å². The van der Waals surface area contributed by atoms with E-state index >= 15 is 0 Å². The smallest absolute Gasteiger partial charge is 0.0767 e. The molecule has 0 spiro atoms. The van der Waals surface area contributed by atoms with E-state index in [9.17, 15) is 0 Å². The van der Waals surface area contributed by atoms with Crippen LogP contribution in [0.1, 0.15) is 12.8 Å². The van der Waals surface area contributed by atoms with Gasteiger partial charge in [0.2, 0.25) is 0 Å². The summed E-state index contributed by atoms with van der Waals surface area (Å²) in [6.07, 6.45) is 3.95. The minimum Gasteiger partial charge on any atom is -0.374 e. The van der Waals surface area contributed by atoms with Gasteiger partial charge in [-0.05, 0) is 12.8 Å². The Morgan fingerprint density at radius 3 is 2.89 bits per heavy atom. The average molecular weight is 127 g/mol. The molecule has 1 heterocycles. The predicted molar refractivity (Wildman–Crippen MR) is 37.1 cm³/mol. The fraction of sp³-hybridized carbons (Fsp3) is 0.714. The van der Waals surface area contributed by atoms with Gasteiger partial charge in [0.25, 0.3) is 0 Å². The largest absolute Gasteiger partial charge is 0.374 e. The fourth-order valence-corrected chi connectivity index (χ4v) is 1.02. The van der Waals surface area contributed by atoms with Gasteiger partial charge in [-0.25, -0.2) is 0 Å². The van der Waals surface area contributed by atoms with Crippen molar-refractivity contribution in [2.24, 2.45) is 5.73 Å². The highest BCUT2D eigenvalue weighted by atomic mass is 16.5. The molecule has 1 saturated heterocycles. The second-order valence-corrected chi connectivity index (χ2v) is 2.43. The van der Waals surface area contributed by atoms with Crippen LogP contribution in [-0.2, 0) is 4.74 Å². The Bertz CT molecular complexity index is 103. The number of rotatable bonds is 1. The van der Waals surface area contributed by atoms with Crippen molar-refractivity contribution < 1.29 is 4.74 Å². The number of nitrogens with two attached hydrogens (primary N) is 1. The Kier molecular flexibility index (Phi) is 2.25. The molecule has 1 fully saturated rings. The van der Waals surface area contributed by atoms with Gasteiger partial charge in [-0.3, -0.25) is 0 Å². The lowest BCUT2D eigenvalue weighted by atomic mass is 10.0. The molecule has 52 valence electrons. The summed E-state index contributed by atoms with van der Waals surface area (Å²) < 4.78 is 5.30. The molecular weight excluding hydrogens is 114 g/mol. The van der Waals surface area contributed by atoms with Crippen LogP contribution in [0.25, 0.3) is 0 Å². The van der Waals surface area contributed by atoms with E-state index in [-0.39, 0.29) is 6.10 Å². The van der Waals surface area contributed by atoms with Crippen LogP contribution in [0.3, 0.4) is 0 Å². The van der Waals surface area contributed by atoms with Crippen molar-refractivity contribution in [3.8, 4) is 0 Å². The molecule has 0 radical (unpaired) electrons. The van der Waals surface area contributed by atoms with Crippen molar-refractivity contribution in [2.45, 2.75) is 25.0 Å². The molecular formula is C7H13NO. The average Bonchev–Trinajstić information content (AvgIpc) is 1.88. The highest BCUT2D eigenvalue weighted by Gasteiger charge is 2.15. The maximum atomic E-state index is 5.67. The van der Waals surface area contributed by atoms with Crippen molar-refractivity contribution >= 4 is 0 Å². The van der Waals surface area contributed by atoms with Gasteiger partial charge < -0.3 is 10.5 Å². The summed E-state index contributed by atoms with van der Waals surface area (Å²) in [5, 5.41) is 0. The first-order valence-electron chi connectivity index (χ1n) is 3.32. The minimum absolute atomic E-state index is 0.203. The molecule has 0 aliphatic carbocycles. The molecule has 2 atom stereocenters. The molecule has 1 rings (SSSR count). The summed E-state index contributed by atoms with van der Waals surface area (Å²) in [6.45, 7) is 4.43. The van der Waals surface area contributed by atoms with Crippen LogP contribution in [0, 0.1) is 0 Å².